The zero-order valence-electron chi connectivity index (χ0n) is 14.9. The number of rotatable bonds is 3. The lowest BCUT2D eigenvalue weighted by Crippen LogP contribution is -2.38. The summed E-state index contributed by atoms with van der Waals surface area (Å²) in [6.07, 6.45) is 0.993. The maximum Gasteiger partial charge on any atom is 0.288 e. The lowest BCUT2D eigenvalue weighted by molar-refractivity contribution is -0.384. The predicted octanol–water partition coefficient (Wildman–Crippen LogP) is 4.25. The second-order valence-electron chi connectivity index (χ2n) is 7.10. The van der Waals surface area contributed by atoms with Crippen LogP contribution in [0.1, 0.15) is 42.2 Å². The molecule has 1 aliphatic carbocycles. The van der Waals surface area contributed by atoms with Gasteiger partial charge in [0, 0.05) is 36.1 Å². The van der Waals surface area contributed by atoms with Gasteiger partial charge in [-0.1, -0.05) is 48.0 Å². The number of nitro groups is 1. The van der Waals surface area contributed by atoms with Crippen LogP contribution < -0.4 is 5.32 Å². The first kappa shape index (κ1) is 18.4. The van der Waals surface area contributed by atoms with Crippen LogP contribution in [-0.2, 0) is 9.59 Å². The van der Waals surface area contributed by atoms with Gasteiger partial charge in [0.1, 0.15) is 5.02 Å². The molecule has 0 spiro atoms. The number of allylic oxidation sites excluding steroid dienone is 2. The molecule has 0 bridgehead atoms. The van der Waals surface area contributed by atoms with E-state index in [-0.39, 0.29) is 34.7 Å². The first-order valence-corrected chi connectivity index (χ1v) is 9.36. The van der Waals surface area contributed by atoms with Gasteiger partial charge in [-0.15, -0.1) is 0 Å². The van der Waals surface area contributed by atoms with Gasteiger partial charge < -0.3 is 5.32 Å². The summed E-state index contributed by atoms with van der Waals surface area (Å²) in [6.45, 7) is 0. The number of benzene rings is 2. The number of hydrogen-bond acceptors (Lipinski definition) is 4. The van der Waals surface area contributed by atoms with Crippen LogP contribution in [0, 0.1) is 10.1 Å². The molecule has 0 radical (unpaired) electrons. The van der Waals surface area contributed by atoms with Crippen LogP contribution >= 0.6 is 11.6 Å². The highest BCUT2D eigenvalue weighted by molar-refractivity contribution is 6.32. The van der Waals surface area contributed by atoms with E-state index in [9.17, 15) is 19.7 Å². The fraction of sp³-hybridized carbons (Fsp3) is 0.238. The van der Waals surface area contributed by atoms with Crippen molar-refractivity contribution in [2.45, 2.75) is 31.1 Å². The minimum Gasteiger partial charge on any atom is -0.329 e. The molecule has 1 aliphatic heterocycles. The third kappa shape index (κ3) is 3.31. The number of nitrogens with zero attached hydrogens (tertiary/aromatic N) is 1. The van der Waals surface area contributed by atoms with Crippen molar-refractivity contribution in [1.29, 1.82) is 0 Å². The number of halogens is 1. The zero-order chi connectivity index (χ0) is 19.8. The van der Waals surface area contributed by atoms with Crippen LogP contribution in [0.3, 0.4) is 0 Å². The van der Waals surface area contributed by atoms with Gasteiger partial charge >= 0.3 is 0 Å². The SMILES string of the molecule is O=C1CC(c2ccc(Cl)c([N+](=O)[O-])c2)C2=C(CC(c3ccccc3)CC2=O)N1. The Kier molecular flexibility index (Phi) is 4.73. The van der Waals surface area contributed by atoms with Gasteiger partial charge in [-0.3, -0.25) is 19.7 Å². The Bertz CT molecular complexity index is 1020. The van der Waals surface area contributed by atoms with Crippen molar-refractivity contribution in [3.63, 3.8) is 0 Å². The van der Waals surface area contributed by atoms with Crippen molar-refractivity contribution < 1.29 is 14.5 Å². The lowest BCUT2D eigenvalue weighted by atomic mass is 9.73. The topological polar surface area (TPSA) is 89.3 Å². The van der Waals surface area contributed by atoms with E-state index in [1.54, 1.807) is 6.07 Å². The Hall–Kier alpha value is -2.99. The molecule has 7 heteroatoms. The normalized spacial score (nSPS) is 21.9. The molecule has 2 aliphatic rings. The predicted molar refractivity (Wildman–Crippen MR) is 104 cm³/mol. The maximum atomic E-state index is 13.0. The van der Waals surface area contributed by atoms with Gasteiger partial charge in [0.05, 0.1) is 4.92 Å². The fourth-order valence-electron chi connectivity index (χ4n) is 4.09. The number of nitrogens with one attached hydrogen (secondary N) is 1. The molecule has 4 rings (SSSR count). The highest BCUT2D eigenvalue weighted by Crippen LogP contribution is 2.43. The van der Waals surface area contributed by atoms with E-state index in [2.05, 4.69) is 5.32 Å². The van der Waals surface area contributed by atoms with Gasteiger partial charge in [-0.05, 0) is 29.5 Å². The molecular formula is C21H17ClN2O4. The molecule has 1 heterocycles. The molecule has 0 saturated carbocycles. The van der Waals surface area contributed by atoms with Crippen LogP contribution in [-0.4, -0.2) is 16.6 Å². The van der Waals surface area contributed by atoms with Crippen molar-refractivity contribution in [3.8, 4) is 0 Å². The molecule has 1 N–H and O–H groups in total. The fourth-order valence-corrected chi connectivity index (χ4v) is 4.28. The Balaban J connectivity index is 1.74. The van der Waals surface area contributed by atoms with E-state index >= 15 is 0 Å². The summed E-state index contributed by atoms with van der Waals surface area (Å²) in [4.78, 5) is 36.0. The van der Waals surface area contributed by atoms with Gasteiger partial charge in [-0.25, -0.2) is 0 Å². The minimum atomic E-state index is -0.557. The van der Waals surface area contributed by atoms with Crippen LogP contribution in [0.25, 0.3) is 0 Å². The van der Waals surface area contributed by atoms with E-state index in [0.29, 0.717) is 29.7 Å². The number of ketones is 1. The number of Topliss-reactive ketones (excluding diaryl/α,β-unsaturated/α-hetero) is 1. The summed E-state index contributed by atoms with van der Waals surface area (Å²) in [7, 11) is 0. The number of carbonyl (C=O) groups excluding carboxylic acids is 2. The number of hydrogen-bond donors (Lipinski definition) is 1. The smallest absolute Gasteiger partial charge is 0.288 e. The monoisotopic (exact) mass is 396 g/mol. The summed E-state index contributed by atoms with van der Waals surface area (Å²) in [5, 5.41) is 14.1. The molecule has 6 nitrogen and oxygen atoms in total. The Morgan fingerprint density at radius 3 is 2.46 bits per heavy atom. The Morgan fingerprint density at radius 1 is 1.00 bits per heavy atom. The quantitative estimate of drug-likeness (QED) is 0.620. The van der Waals surface area contributed by atoms with Gasteiger partial charge in [0.25, 0.3) is 5.69 Å². The first-order valence-electron chi connectivity index (χ1n) is 8.99. The highest BCUT2D eigenvalue weighted by atomic mass is 35.5. The molecule has 0 saturated heterocycles. The first-order chi connectivity index (χ1) is 13.4. The molecule has 142 valence electrons. The average molecular weight is 397 g/mol. The van der Waals surface area contributed by atoms with Crippen molar-refractivity contribution in [2.75, 3.05) is 0 Å². The van der Waals surface area contributed by atoms with Crippen LogP contribution in [0.5, 0.6) is 0 Å². The van der Waals surface area contributed by atoms with E-state index in [4.69, 9.17) is 11.6 Å². The van der Waals surface area contributed by atoms with E-state index in [1.807, 2.05) is 30.3 Å². The minimum absolute atomic E-state index is 0.00561. The molecule has 2 aromatic rings. The van der Waals surface area contributed by atoms with E-state index in [1.165, 1.54) is 12.1 Å². The van der Waals surface area contributed by atoms with Gasteiger partial charge in [0.2, 0.25) is 5.91 Å². The molecule has 2 atom stereocenters. The van der Waals surface area contributed by atoms with Crippen molar-refractivity contribution in [3.05, 3.63) is 86.1 Å². The van der Waals surface area contributed by atoms with Crippen LogP contribution in [0.15, 0.2) is 59.8 Å². The van der Waals surface area contributed by atoms with Crippen LogP contribution in [0.4, 0.5) is 5.69 Å². The second-order valence-corrected chi connectivity index (χ2v) is 7.51. The summed E-state index contributed by atoms with van der Waals surface area (Å²) >= 11 is 5.91. The zero-order valence-corrected chi connectivity index (χ0v) is 15.6. The van der Waals surface area contributed by atoms with Crippen molar-refractivity contribution >= 4 is 29.0 Å². The summed E-state index contributed by atoms with van der Waals surface area (Å²) < 4.78 is 0. The molecule has 2 unspecified atom stereocenters. The summed E-state index contributed by atoms with van der Waals surface area (Å²) in [5.41, 5.74) is 2.58. The molecule has 2 aromatic carbocycles. The third-order valence-electron chi connectivity index (χ3n) is 5.38. The lowest BCUT2D eigenvalue weighted by Gasteiger charge is -2.34. The Labute approximate surface area is 166 Å². The number of amides is 1. The van der Waals surface area contributed by atoms with Gasteiger partial charge in [-0.2, -0.15) is 0 Å². The third-order valence-corrected chi connectivity index (χ3v) is 5.70. The molecule has 1 amide bonds. The second kappa shape index (κ2) is 7.20. The summed E-state index contributed by atoms with van der Waals surface area (Å²) in [6, 6.07) is 14.2. The number of nitro benzene ring substituents is 1. The molecule has 0 fully saturated rings. The average Bonchev–Trinajstić information content (AvgIpc) is 2.67. The van der Waals surface area contributed by atoms with Crippen molar-refractivity contribution in [1.82, 2.24) is 5.32 Å². The summed E-state index contributed by atoms with van der Waals surface area (Å²) in [5.74, 6) is -0.712. The molecule has 28 heavy (non-hydrogen) atoms. The standard InChI is InChI=1S/C21H17ClN2O4/c22-16-7-6-13(9-18(16)24(27)28)15-11-20(26)23-17-8-14(10-19(25)21(15)17)12-4-2-1-3-5-12/h1-7,9,14-15H,8,10-11H2,(H,23,26). The molecule has 0 aromatic heterocycles. The van der Waals surface area contributed by atoms with Gasteiger partial charge in [0.15, 0.2) is 5.78 Å². The van der Waals surface area contributed by atoms with Crippen molar-refractivity contribution in [2.24, 2.45) is 0 Å². The van der Waals surface area contributed by atoms with E-state index in [0.717, 1.165) is 5.56 Å². The maximum absolute atomic E-state index is 13.0. The highest BCUT2D eigenvalue weighted by Gasteiger charge is 2.38. The van der Waals surface area contributed by atoms with Crippen LogP contribution in [0.2, 0.25) is 5.02 Å². The molecular weight excluding hydrogens is 380 g/mol. The Morgan fingerprint density at radius 2 is 1.75 bits per heavy atom. The number of carbonyl (C=O) groups is 2. The largest absolute Gasteiger partial charge is 0.329 e. The van der Waals surface area contributed by atoms with E-state index < -0.39 is 10.8 Å².